The summed E-state index contributed by atoms with van der Waals surface area (Å²) in [4.78, 5) is 37.6. The van der Waals surface area contributed by atoms with E-state index in [1.54, 1.807) is 36.4 Å². The summed E-state index contributed by atoms with van der Waals surface area (Å²) in [6, 6.07) is 13.8. The Morgan fingerprint density at radius 1 is 1.04 bits per heavy atom. The first kappa shape index (κ1) is 18.4. The average molecular weight is 366 g/mol. The maximum Gasteiger partial charge on any atom is 0.318 e. The summed E-state index contributed by atoms with van der Waals surface area (Å²) in [6.07, 6.45) is 1.49. The second kappa shape index (κ2) is 8.35. The molecule has 4 amide bonds. The number of rotatable bonds is 5. The number of likely N-dealkylation sites (tertiary alicyclic amines) is 1. The van der Waals surface area contributed by atoms with E-state index in [1.807, 2.05) is 17.0 Å². The molecule has 2 aromatic carbocycles. The third kappa shape index (κ3) is 4.84. The van der Waals surface area contributed by atoms with E-state index in [4.69, 9.17) is 0 Å². The molecule has 1 fully saturated rings. The van der Waals surface area contributed by atoms with Crippen LogP contribution >= 0.6 is 0 Å². The van der Waals surface area contributed by atoms with Gasteiger partial charge in [0.25, 0.3) is 5.91 Å². The first-order valence-corrected chi connectivity index (χ1v) is 8.82. The Labute approximate surface area is 157 Å². The van der Waals surface area contributed by atoms with Gasteiger partial charge in [-0.25, -0.2) is 4.79 Å². The van der Waals surface area contributed by atoms with Crippen LogP contribution in [0.25, 0.3) is 0 Å². The second-order valence-corrected chi connectivity index (χ2v) is 6.36. The van der Waals surface area contributed by atoms with Crippen LogP contribution in [0.5, 0.6) is 0 Å². The first-order chi connectivity index (χ1) is 13.0. The van der Waals surface area contributed by atoms with Gasteiger partial charge < -0.3 is 20.9 Å². The highest BCUT2D eigenvalue weighted by molar-refractivity contribution is 6.04. The predicted octanol–water partition coefficient (Wildman–Crippen LogP) is 2.81. The van der Waals surface area contributed by atoms with E-state index in [0.29, 0.717) is 29.9 Å². The molecule has 3 N–H and O–H groups in total. The molecule has 0 spiro atoms. The molecule has 1 saturated heterocycles. The number of hydrogen-bond acceptors (Lipinski definition) is 3. The minimum atomic E-state index is -0.331. The number of carbonyl (C=O) groups is 3. The predicted molar refractivity (Wildman–Crippen MR) is 104 cm³/mol. The van der Waals surface area contributed by atoms with Crippen LogP contribution in [0, 0.1) is 0 Å². The summed E-state index contributed by atoms with van der Waals surface area (Å²) >= 11 is 0. The summed E-state index contributed by atoms with van der Waals surface area (Å²) in [5.41, 5.74) is 2.60. The largest absolute Gasteiger partial charge is 0.341 e. The van der Waals surface area contributed by atoms with Crippen LogP contribution in [0.3, 0.4) is 0 Å². The summed E-state index contributed by atoms with van der Waals surface area (Å²) in [6.45, 7) is 1.28. The molecule has 0 saturated carbocycles. The fourth-order valence-electron chi connectivity index (χ4n) is 2.97. The van der Waals surface area contributed by atoms with Gasteiger partial charge in [0.15, 0.2) is 0 Å². The molecule has 7 heteroatoms. The average Bonchev–Trinajstić information content (AvgIpc) is 3.06. The van der Waals surface area contributed by atoms with Crippen molar-refractivity contribution in [3.63, 3.8) is 0 Å². The molecule has 140 valence electrons. The number of hydrogen-bond donors (Lipinski definition) is 3. The zero-order valence-electron chi connectivity index (χ0n) is 15.1. The molecule has 0 atom stereocenters. The van der Waals surface area contributed by atoms with Crippen LogP contribution in [0.15, 0.2) is 48.5 Å². The van der Waals surface area contributed by atoms with Gasteiger partial charge in [-0.05, 0) is 42.3 Å². The Hall–Kier alpha value is -3.35. The third-order valence-electron chi connectivity index (χ3n) is 4.34. The first-order valence-electron chi connectivity index (χ1n) is 8.82. The van der Waals surface area contributed by atoms with Crippen molar-refractivity contribution in [3.8, 4) is 0 Å². The van der Waals surface area contributed by atoms with Crippen molar-refractivity contribution in [1.82, 2.24) is 10.2 Å². The Morgan fingerprint density at radius 2 is 1.78 bits per heavy atom. The van der Waals surface area contributed by atoms with Gasteiger partial charge in [0, 0.05) is 43.5 Å². The molecule has 0 unspecified atom stereocenters. The molecule has 0 aromatic heterocycles. The van der Waals surface area contributed by atoms with Gasteiger partial charge in [0.2, 0.25) is 5.91 Å². The number of anilines is 2. The SMILES string of the molecule is CNC(=O)Nc1cccc(NC(=O)c2cccc(CN3CCCC3=O)c2)c1. The number of benzene rings is 2. The Kier molecular flexibility index (Phi) is 5.71. The topological polar surface area (TPSA) is 90.5 Å². The van der Waals surface area contributed by atoms with Crippen LogP contribution in [0.2, 0.25) is 0 Å². The molecule has 7 nitrogen and oxygen atoms in total. The van der Waals surface area contributed by atoms with E-state index >= 15 is 0 Å². The Bertz CT molecular complexity index is 866. The number of carbonyl (C=O) groups excluding carboxylic acids is 3. The smallest absolute Gasteiger partial charge is 0.318 e. The summed E-state index contributed by atoms with van der Waals surface area (Å²) in [5.74, 6) is -0.0908. The molecule has 27 heavy (non-hydrogen) atoms. The van der Waals surface area contributed by atoms with Crippen molar-refractivity contribution >= 4 is 29.2 Å². The maximum atomic E-state index is 12.6. The highest BCUT2D eigenvalue weighted by atomic mass is 16.2. The van der Waals surface area contributed by atoms with Crippen molar-refractivity contribution in [1.29, 1.82) is 0 Å². The monoisotopic (exact) mass is 366 g/mol. The van der Waals surface area contributed by atoms with Gasteiger partial charge in [-0.15, -0.1) is 0 Å². The van der Waals surface area contributed by atoms with Crippen LogP contribution in [-0.2, 0) is 11.3 Å². The summed E-state index contributed by atoms with van der Waals surface area (Å²) in [7, 11) is 1.53. The van der Waals surface area contributed by atoms with E-state index in [2.05, 4.69) is 16.0 Å². The standard InChI is InChI=1S/C20H22N4O3/c1-21-20(27)23-17-8-3-7-16(12-17)22-19(26)15-6-2-5-14(11-15)13-24-10-4-9-18(24)25/h2-3,5-8,11-12H,4,9-10,13H2,1H3,(H,22,26)(H2,21,23,27). The third-order valence-corrected chi connectivity index (χ3v) is 4.34. The number of nitrogens with one attached hydrogen (secondary N) is 3. The van der Waals surface area contributed by atoms with Gasteiger partial charge >= 0.3 is 6.03 Å². The Balaban J connectivity index is 1.67. The number of nitrogens with zero attached hydrogens (tertiary/aromatic N) is 1. The molecule has 1 aliphatic heterocycles. The van der Waals surface area contributed by atoms with Crippen molar-refractivity contribution in [2.45, 2.75) is 19.4 Å². The van der Waals surface area contributed by atoms with Gasteiger partial charge in [-0.1, -0.05) is 18.2 Å². The van der Waals surface area contributed by atoms with Crippen LogP contribution < -0.4 is 16.0 Å². The number of amides is 4. The molecule has 2 aromatic rings. The fraction of sp³-hybridized carbons (Fsp3) is 0.250. The van der Waals surface area contributed by atoms with Gasteiger partial charge in [0.1, 0.15) is 0 Å². The van der Waals surface area contributed by atoms with Crippen LogP contribution in [0.1, 0.15) is 28.8 Å². The van der Waals surface area contributed by atoms with Gasteiger partial charge in [0.05, 0.1) is 0 Å². The van der Waals surface area contributed by atoms with Crippen LogP contribution in [-0.4, -0.2) is 36.3 Å². The molecule has 1 aliphatic rings. The van der Waals surface area contributed by atoms with E-state index in [9.17, 15) is 14.4 Å². The zero-order valence-corrected chi connectivity index (χ0v) is 15.1. The molecular weight excluding hydrogens is 344 g/mol. The van der Waals surface area contributed by atoms with Crippen molar-refractivity contribution in [2.75, 3.05) is 24.2 Å². The molecule has 0 radical (unpaired) electrons. The van der Waals surface area contributed by atoms with Crippen LogP contribution in [0.4, 0.5) is 16.2 Å². The quantitative estimate of drug-likeness (QED) is 0.760. The lowest BCUT2D eigenvalue weighted by atomic mass is 10.1. The molecule has 0 bridgehead atoms. The van der Waals surface area contributed by atoms with E-state index in [1.165, 1.54) is 7.05 Å². The lowest BCUT2D eigenvalue weighted by Crippen LogP contribution is -2.24. The molecule has 0 aliphatic carbocycles. The van der Waals surface area contributed by atoms with E-state index in [0.717, 1.165) is 18.5 Å². The lowest BCUT2D eigenvalue weighted by molar-refractivity contribution is -0.128. The van der Waals surface area contributed by atoms with Gasteiger partial charge in [-0.2, -0.15) is 0 Å². The van der Waals surface area contributed by atoms with E-state index in [-0.39, 0.29) is 17.8 Å². The van der Waals surface area contributed by atoms with Crippen molar-refractivity contribution in [3.05, 3.63) is 59.7 Å². The minimum Gasteiger partial charge on any atom is -0.341 e. The van der Waals surface area contributed by atoms with Gasteiger partial charge in [-0.3, -0.25) is 9.59 Å². The molecule has 1 heterocycles. The lowest BCUT2D eigenvalue weighted by Gasteiger charge is -2.16. The minimum absolute atomic E-state index is 0.158. The second-order valence-electron chi connectivity index (χ2n) is 6.36. The molecule has 3 rings (SSSR count). The van der Waals surface area contributed by atoms with E-state index < -0.39 is 0 Å². The summed E-state index contributed by atoms with van der Waals surface area (Å²) < 4.78 is 0. The van der Waals surface area contributed by atoms with Crippen molar-refractivity contribution in [2.24, 2.45) is 0 Å². The zero-order chi connectivity index (χ0) is 19.2. The number of urea groups is 1. The summed E-state index contributed by atoms with van der Waals surface area (Å²) in [5, 5.41) is 7.96. The highest BCUT2D eigenvalue weighted by Crippen LogP contribution is 2.18. The maximum absolute atomic E-state index is 12.6. The highest BCUT2D eigenvalue weighted by Gasteiger charge is 2.20. The normalized spacial score (nSPS) is 13.4. The van der Waals surface area contributed by atoms with Crippen molar-refractivity contribution < 1.29 is 14.4 Å². The molecular formula is C20H22N4O3. The fourth-order valence-corrected chi connectivity index (χ4v) is 2.97. The Morgan fingerprint density at radius 3 is 2.48 bits per heavy atom.